The molecule has 0 spiro atoms. The van der Waals surface area contributed by atoms with Crippen LogP contribution in [0.15, 0.2) is 95.8 Å². The van der Waals surface area contributed by atoms with E-state index in [4.69, 9.17) is 30.5 Å². The summed E-state index contributed by atoms with van der Waals surface area (Å²) in [6.45, 7) is 10.9. The van der Waals surface area contributed by atoms with Crippen molar-refractivity contribution in [1.82, 2.24) is 29.9 Å². The lowest BCUT2D eigenvalue weighted by Crippen LogP contribution is -2.40. The molecule has 1 amide bonds. The van der Waals surface area contributed by atoms with Gasteiger partial charge >= 0.3 is 0 Å². The number of aromatic nitrogens is 3. The number of thiophene rings is 1. The molecule has 0 saturated heterocycles. The quantitative estimate of drug-likeness (QED) is 0.0501. The van der Waals surface area contributed by atoms with Crippen LogP contribution in [0.5, 0.6) is 0 Å². The standard InChI is InChI=1S/C46H52ClN7O7S/c1-3-44(56)54-40-12-9-32(26-37(40)36-11-10-33(27-41(36)54)42-8-5-25-62-42)28-48-14-17-58-19-21-60-23-24-61-22-20-59-18-15-49-43(55)31-53-16-13-35-34(30-53)6-4-7-38(35)51-39-29-50-52(2)46(57)45(39)47/h3-12,25-27,29,48,51H,1,13-24,28,30-31H2,2H3,(H,49,55). The van der Waals surface area contributed by atoms with Gasteiger partial charge in [-0.05, 0) is 70.5 Å². The fourth-order valence-electron chi connectivity index (χ4n) is 7.43. The molecule has 1 aliphatic rings. The first kappa shape index (κ1) is 44.8. The Morgan fingerprint density at radius 2 is 1.63 bits per heavy atom. The zero-order valence-electron chi connectivity index (χ0n) is 34.8. The van der Waals surface area contributed by atoms with Crippen molar-refractivity contribution in [2.45, 2.75) is 19.5 Å². The van der Waals surface area contributed by atoms with Crippen LogP contribution in [0.2, 0.25) is 5.02 Å². The monoisotopic (exact) mass is 881 g/mol. The molecule has 0 unspecified atom stereocenters. The summed E-state index contributed by atoms with van der Waals surface area (Å²) in [6.07, 6.45) is 3.65. The number of hydrogen-bond acceptors (Lipinski definition) is 12. The lowest BCUT2D eigenvalue weighted by atomic mass is 9.97. The predicted octanol–water partition coefficient (Wildman–Crippen LogP) is 6.17. The molecule has 326 valence electrons. The van der Waals surface area contributed by atoms with Crippen LogP contribution in [-0.2, 0) is 50.3 Å². The van der Waals surface area contributed by atoms with Crippen molar-refractivity contribution >= 4 is 67.9 Å². The van der Waals surface area contributed by atoms with E-state index in [1.807, 2.05) is 30.3 Å². The highest BCUT2D eigenvalue weighted by atomic mass is 35.5. The van der Waals surface area contributed by atoms with Crippen LogP contribution in [0, 0.1) is 0 Å². The average molecular weight is 882 g/mol. The van der Waals surface area contributed by atoms with Crippen molar-refractivity contribution in [2.24, 2.45) is 7.05 Å². The van der Waals surface area contributed by atoms with E-state index in [-0.39, 0.29) is 28.9 Å². The van der Waals surface area contributed by atoms with Crippen LogP contribution in [0.1, 0.15) is 21.5 Å². The molecule has 7 rings (SSSR count). The molecule has 0 saturated carbocycles. The first-order valence-corrected chi connectivity index (χ1v) is 21.9. The maximum Gasteiger partial charge on any atom is 0.287 e. The van der Waals surface area contributed by atoms with Gasteiger partial charge in [0, 0.05) is 61.1 Å². The summed E-state index contributed by atoms with van der Waals surface area (Å²) in [4.78, 5) is 41.0. The van der Waals surface area contributed by atoms with Crippen molar-refractivity contribution < 1.29 is 28.5 Å². The smallest absolute Gasteiger partial charge is 0.287 e. The molecule has 14 nitrogen and oxygen atoms in total. The van der Waals surface area contributed by atoms with Gasteiger partial charge < -0.3 is 34.9 Å². The van der Waals surface area contributed by atoms with Gasteiger partial charge in [-0.1, -0.05) is 54.6 Å². The summed E-state index contributed by atoms with van der Waals surface area (Å²) < 4.78 is 25.5. The van der Waals surface area contributed by atoms with Crippen LogP contribution in [-0.4, -0.2) is 110 Å². The molecule has 6 aromatic rings. The molecule has 16 heteroatoms. The molecular formula is C46H52ClN7O7S. The minimum Gasteiger partial charge on any atom is -0.378 e. The Kier molecular flexibility index (Phi) is 16.1. The third-order valence-corrected chi connectivity index (χ3v) is 11.8. The van der Waals surface area contributed by atoms with Gasteiger partial charge in [-0.15, -0.1) is 11.3 Å². The molecular weight excluding hydrogens is 830 g/mol. The van der Waals surface area contributed by atoms with Gasteiger partial charge in [0.1, 0.15) is 5.02 Å². The van der Waals surface area contributed by atoms with Crippen molar-refractivity contribution in [2.75, 3.05) is 84.4 Å². The number of carbonyl (C=O) groups is 2. The number of aryl methyl sites for hydroxylation is 1. The third kappa shape index (κ3) is 11.4. The Morgan fingerprint density at radius 1 is 0.871 bits per heavy atom. The molecule has 0 radical (unpaired) electrons. The van der Waals surface area contributed by atoms with E-state index in [0.717, 1.165) is 67.6 Å². The van der Waals surface area contributed by atoms with Gasteiger partial charge in [0.2, 0.25) is 5.91 Å². The van der Waals surface area contributed by atoms with E-state index in [1.165, 1.54) is 10.8 Å². The van der Waals surface area contributed by atoms with Crippen LogP contribution >= 0.6 is 22.9 Å². The molecule has 3 aromatic heterocycles. The van der Waals surface area contributed by atoms with Crippen LogP contribution in [0.3, 0.4) is 0 Å². The summed E-state index contributed by atoms with van der Waals surface area (Å²) in [5.41, 5.74) is 7.18. The highest BCUT2D eigenvalue weighted by Crippen LogP contribution is 2.35. The zero-order chi connectivity index (χ0) is 43.3. The Morgan fingerprint density at radius 3 is 2.37 bits per heavy atom. The number of hydrogen-bond donors (Lipinski definition) is 3. The highest BCUT2D eigenvalue weighted by Gasteiger charge is 2.22. The maximum absolute atomic E-state index is 12.9. The van der Waals surface area contributed by atoms with Crippen LogP contribution < -0.4 is 21.5 Å². The fraction of sp³-hybridized carbons (Fsp3) is 0.348. The summed E-state index contributed by atoms with van der Waals surface area (Å²) >= 11 is 7.94. The van der Waals surface area contributed by atoms with E-state index in [9.17, 15) is 14.4 Å². The SMILES string of the molecule is C=CC(=O)n1c2ccc(CNCCOCCOCCOCCOCCNC(=O)CN3CCc4c(cccc4Nc4cnn(C)c(=O)c4Cl)C3)cc2c2ccc(-c3cccs3)cc21. The Bertz CT molecular complexity index is 2540. The van der Waals surface area contributed by atoms with E-state index >= 15 is 0 Å². The molecule has 62 heavy (non-hydrogen) atoms. The van der Waals surface area contributed by atoms with Crippen LogP contribution in [0.25, 0.3) is 32.2 Å². The van der Waals surface area contributed by atoms with Gasteiger partial charge in [-0.3, -0.25) is 23.9 Å². The second kappa shape index (κ2) is 22.2. The van der Waals surface area contributed by atoms with Gasteiger partial charge in [0.05, 0.1) is 82.3 Å². The number of amides is 1. The number of benzene rings is 3. The van der Waals surface area contributed by atoms with E-state index in [0.29, 0.717) is 84.7 Å². The summed E-state index contributed by atoms with van der Waals surface area (Å²) in [5.74, 6) is -0.204. The minimum atomic E-state index is -0.363. The number of rotatable bonds is 23. The number of nitrogens with one attached hydrogen (secondary N) is 3. The fourth-order valence-corrected chi connectivity index (χ4v) is 8.37. The molecule has 0 aliphatic carbocycles. The van der Waals surface area contributed by atoms with Crippen molar-refractivity contribution in [3.05, 3.63) is 123 Å². The molecule has 0 bridgehead atoms. The number of carbonyl (C=O) groups excluding carboxylic acids is 2. The zero-order valence-corrected chi connectivity index (χ0v) is 36.4. The van der Waals surface area contributed by atoms with Crippen molar-refractivity contribution in [1.29, 1.82) is 0 Å². The van der Waals surface area contributed by atoms with Crippen molar-refractivity contribution in [3.63, 3.8) is 0 Å². The largest absolute Gasteiger partial charge is 0.378 e. The number of anilines is 2. The number of fused-ring (bicyclic) bond motifs is 4. The average Bonchev–Trinajstić information content (AvgIpc) is 3.94. The normalized spacial score (nSPS) is 12.8. The molecule has 4 heterocycles. The number of nitrogens with zero attached hydrogens (tertiary/aromatic N) is 4. The predicted molar refractivity (Wildman–Crippen MR) is 245 cm³/mol. The Labute approximate surface area is 369 Å². The first-order chi connectivity index (χ1) is 30.3. The second-order valence-electron chi connectivity index (χ2n) is 14.7. The van der Waals surface area contributed by atoms with Gasteiger partial charge in [0.25, 0.3) is 11.5 Å². The van der Waals surface area contributed by atoms with E-state index < -0.39 is 0 Å². The molecule has 1 aliphatic heterocycles. The van der Waals surface area contributed by atoms with E-state index in [1.54, 1.807) is 29.1 Å². The Hall–Kier alpha value is -5.23. The topological polar surface area (TPSA) is 150 Å². The number of ether oxygens (including phenoxy) is 4. The maximum atomic E-state index is 12.9. The molecule has 0 fully saturated rings. The van der Waals surface area contributed by atoms with E-state index in [2.05, 4.69) is 74.3 Å². The second-order valence-corrected chi connectivity index (χ2v) is 16.1. The van der Waals surface area contributed by atoms with Crippen LogP contribution in [0.4, 0.5) is 11.4 Å². The first-order valence-electron chi connectivity index (χ1n) is 20.7. The summed E-state index contributed by atoms with van der Waals surface area (Å²) in [7, 11) is 1.56. The van der Waals surface area contributed by atoms with Crippen molar-refractivity contribution in [3.8, 4) is 10.4 Å². The van der Waals surface area contributed by atoms with Gasteiger partial charge in [-0.25, -0.2) is 4.68 Å². The van der Waals surface area contributed by atoms with Gasteiger partial charge in [-0.2, -0.15) is 5.10 Å². The Balaban J connectivity index is 0.692. The molecule has 3 aromatic carbocycles. The minimum absolute atomic E-state index is 0.0551. The third-order valence-electron chi connectivity index (χ3n) is 10.5. The lowest BCUT2D eigenvalue weighted by Gasteiger charge is -2.29. The number of allylic oxidation sites excluding steroid dienone is 1. The van der Waals surface area contributed by atoms with Gasteiger partial charge in [0.15, 0.2) is 0 Å². The summed E-state index contributed by atoms with van der Waals surface area (Å²) in [5, 5.41) is 17.9. The number of halogens is 1. The molecule has 0 atom stereocenters. The lowest BCUT2D eigenvalue weighted by molar-refractivity contribution is -0.122. The summed E-state index contributed by atoms with van der Waals surface area (Å²) in [6, 6.07) is 22.6. The highest BCUT2D eigenvalue weighted by molar-refractivity contribution is 7.13. The molecule has 3 N–H and O–H groups in total.